The van der Waals surface area contributed by atoms with Gasteiger partial charge in [-0.05, 0) is 62.5 Å². The van der Waals surface area contributed by atoms with Crippen LogP contribution in [0.4, 0.5) is 4.39 Å². The van der Waals surface area contributed by atoms with Crippen LogP contribution in [0, 0.1) is 11.7 Å². The van der Waals surface area contributed by atoms with Gasteiger partial charge in [0.15, 0.2) is 0 Å². The predicted octanol–water partition coefficient (Wildman–Crippen LogP) is 2.63. The number of aromatic amines is 1. The van der Waals surface area contributed by atoms with E-state index in [1.165, 1.54) is 23.7 Å². The molecule has 0 radical (unpaired) electrons. The summed E-state index contributed by atoms with van der Waals surface area (Å²) in [6.45, 7) is 1.04. The molecule has 0 amide bonds. The lowest BCUT2D eigenvalue weighted by Gasteiger charge is -2.22. The third kappa shape index (κ3) is 1.84. The van der Waals surface area contributed by atoms with Gasteiger partial charge in [0.05, 0.1) is 0 Å². The van der Waals surface area contributed by atoms with E-state index in [2.05, 4.69) is 10.3 Å². The van der Waals surface area contributed by atoms with E-state index in [4.69, 9.17) is 0 Å². The summed E-state index contributed by atoms with van der Waals surface area (Å²) in [6, 6.07) is 5.03. The molecule has 17 heavy (non-hydrogen) atoms. The van der Waals surface area contributed by atoms with Crippen molar-refractivity contribution in [3.8, 4) is 0 Å². The molecule has 90 valence electrons. The van der Waals surface area contributed by atoms with Gasteiger partial charge in [-0.25, -0.2) is 4.39 Å². The first kappa shape index (κ1) is 10.8. The summed E-state index contributed by atoms with van der Waals surface area (Å²) >= 11 is 0. The summed E-state index contributed by atoms with van der Waals surface area (Å²) in [4.78, 5) is 3.42. The van der Waals surface area contributed by atoms with Gasteiger partial charge in [-0.15, -0.1) is 0 Å². The molecule has 1 aliphatic rings. The molecule has 1 aromatic heterocycles. The molecule has 2 nitrogen and oxygen atoms in total. The molecule has 0 saturated carbocycles. The van der Waals surface area contributed by atoms with Crippen molar-refractivity contribution in [3.05, 3.63) is 35.3 Å². The average molecular weight is 232 g/mol. The number of halogens is 1. The summed E-state index contributed by atoms with van der Waals surface area (Å²) in [6.07, 6.45) is 3.35. The van der Waals surface area contributed by atoms with Crippen LogP contribution in [-0.2, 0) is 12.8 Å². The predicted molar refractivity (Wildman–Crippen MR) is 67.7 cm³/mol. The SMILES string of the molecule is CNCC1CCc2[nH]c3ccc(F)cc3c2C1. The molecule has 1 atom stereocenters. The third-order valence-corrected chi connectivity index (χ3v) is 3.74. The third-order valence-electron chi connectivity index (χ3n) is 3.74. The normalized spacial score (nSPS) is 19.5. The van der Waals surface area contributed by atoms with Crippen LogP contribution in [0.15, 0.2) is 18.2 Å². The summed E-state index contributed by atoms with van der Waals surface area (Å²) in [5.41, 5.74) is 3.70. The number of nitrogens with one attached hydrogen (secondary N) is 2. The Hall–Kier alpha value is -1.35. The van der Waals surface area contributed by atoms with E-state index in [9.17, 15) is 4.39 Å². The van der Waals surface area contributed by atoms with E-state index in [1.807, 2.05) is 13.1 Å². The molecule has 0 aliphatic heterocycles. The summed E-state index contributed by atoms with van der Waals surface area (Å²) in [5.74, 6) is 0.532. The van der Waals surface area contributed by atoms with Gasteiger partial charge in [0, 0.05) is 16.6 Å². The zero-order valence-electron chi connectivity index (χ0n) is 10.0. The fraction of sp³-hybridized carbons (Fsp3) is 0.429. The molecule has 1 unspecified atom stereocenters. The van der Waals surface area contributed by atoms with Crippen LogP contribution >= 0.6 is 0 Å². The number of aromatic nitrogens is 1. The van der Waals surface area contributed by atoms with Crippen molar-refractivity contribution >= 4 is 10.9 Å². The fourth-order valence-electron chi connectivity index (χ4n) is 2.92. The van der Waals surface area contributed by atoms with E-state index in [0.29, 0.717) is 5.92 Å². The van der Waals surface area contributed by atoms with Crippen molar-refractivity contribution in [1.29, 1.82) is 0 Å². The zero-order valence-corrected chi connectivity index (χ0v) is 10.0. The Bertz CT molecular complexity index is 544. The van der Waals surface area contributed by atoms with E-state index < -0.39 is 0 Å². The molecule has 1 aliphatic carbocycles. The monoisotopic (exact) mass is 232 g/mol. The lowest BCUT2D eigenvalue weighted by molar-refractivity contribution is 0.439. The van der Waals surface area contributed by atoms with Crippen molar-refractivity contribution in [1.82, 2.24) is 10.3 Å². The number of fused-ring (bicyclic) bond motifs is 3. The second-order valence-electron chi connectivity index (χ2n) is 4.94. The standard InChI is InChI=1S/C14H17FN2/c1-16-8-9-2-4-13-11(6-9)12-7-10(15)3-5-14(12)17-13/h3,5,7,9,16-17H,2,4,6,8H2,1H3. The number of aryl methyl sites for hydroxylation is 1. The number of H-pyrrole nitrogens is 1. The van der Waals surface area contributed by atoms with Crippen LogP contribution in [0.2, 0.25) is 0 Å². The molecule has 3 heteroatoms. The Morgan fingerprint density at radius 1 is 1.47 bits per heavy atom. The van der Waals surface area contributed by atoms with E-state index >= 15 is 0 Å². The molecule has 3 rings (SSSR count). The maximum absolute atomic E-state index is 13.3. The molecule has 1 aromatic carbocycles. The highest BCUT2D eigenvalue weighted by atomic mass is 19.1. The maximum atomic E-state index is 13.3. The quantitative estimate of drug-likeness (QED) is 0.818. The lowest BCUT2D eigenvalue weighted by Crippen LogP contribution is -2.24. The highest BCUT2D eigenvalue weighted by Crippen LogP contribution is 2.31. The van der Waals surface area contributed by atoms with Gasteiger partial charge in [0.1, 0.15) is 5.82 Å². The molecule has 0 spiro atoms. The van der Waals surface area contributed by atoms with Crippen molar-refractivity contribution < 1.29 is 4.39 Å². The first-order valence-corrected chi connectivity index (χ1v) is 6.21. The second kappa shape index (κ2) is 4.15. The molecular formula is C14H17FN2. The van der Waals surface area contributed by atoms with E-state index in [1.54, 1.807) is 6.07 Å². The molecule has 0 saturated heterocycles. The smallest absolute Gasteiger partial charge is 0.123 e. The summed E-state index contributed by atoms with van der Waals surface area (Å²) in [7, 11) is 1.99. The van der Waals surface area contributed by atoms with E-state index in [0.717, 1.165) is 30.3 Å². The van der Waals surface area contributed by atoms with Gasteiger partial charge in [-0.1, -0.05) is 0 Å². The Balaban J connectivity index is 2.04. The van der Waals surface area contributed by atoms with Gasteiger partial charge >= 0.3 is 0 Å². The Morgan fingerprint density at radius 3 is 3.18 bits per heavy atom. The van der Waals surface area contributed by atoms with Gasteiger partial charge < -0.3 is 10.3 Å². The van der Waals surface area contributed by atoms with Crippen molar-refractivity contribution in [2.24, 2.45) is 5.92 Å². The van der Waals surface area contributed by atoms with Crippen molar-refractivity contribution in [2.45, 2.75) is 19.3 Å². The van der Waals surface area contributed by atoms with Crippen LogP contribution in [0.1, 0.15) is 17.7 Å². The van der Waals surface area contributed by atoms with Gasteiger partial charge in [0.2, 0.25) is 0 Å². The number of benzene rings is 1. The Labute approximate surface area is 100 Å². The molecule has 0 fully saturated rings. The fourth-order valence-corrected chi connectivity index (χ4v) is 2.92. The molecule has 1 heterocycles. The summed E-state index contributed by atoms with van der Waals surface area (Å²) in [5, 5.41) is 4.31. The first-order valence-electron chi connectivity index (χ1n) is 6.21. The van der Waals surface area contributed by atoms with Crippen LogP contribution in [0.5, 0.6) is 0 Å². The highest BCUT2D eigenvalue weighted by Gasteiger charge is 2.22. The van der Waals surface area contributed by atoms with Crippen LogP contribution in [0.25, 0.3) is 10.9 Å². The zero-order chi connectivity index (χ0) is 11.8. The van der Waals surface area contributed by atoms with Crippen molar-refractivity contribution in [3.63, 3.8) is 0 Å². The van der Waals surface area contributed by atoms with Crippen LogP contribution < -0.4 is 5.32 Å². The molecule has 2 N–H and O–H groups in total. The van der Waals surface area contributed by atoms with Gasteiger partial charge in [0.25, 0.3) is 0 Å². The van der Waals surface area contributed by atoms with Gasteiger partial charge in [-0.3, -0.25) is 0 Å². The topological polar surface area (TPSA) is 27.8 Å². The second-order valence-corrected chi connectivity index (χ2v) is 4.94. The largest absolute Gasteiger partial charge is 0.358 e. The summed E-state index contributed by atoms with van der Waals surface area (Å²) < 4.78 is 13.3. The molecular weight excluding hydrogens is 215 g/mol. The highest BCUT2D eigenvalue weighted by molar-refractivity contribution is 5.85. The van der Waals surface area contributed by atoms with Gasteiger partial charge in [-0.2, -0.15) is 0 Å². The minimum atomic E-state index is -0.143. The van der Waals surface area contributed by atoms with Crippen LogP contribution in [-0.4, -0.2) is 18.6 Å². The maximum Gasteiger partial charge on any atom is 0.123 e. The molecule has 2 aromatic rings. The lowest BCUT2D eigenvalue weighted by atomic mass is 9.86. The van der Waals surface area contributed by atoms with Crippen molar-refractivity contribution in [2.75, 3.05) is 13.6 Å². The van der Waals surface area contributed by atoms with Crippen LogP contribution in [0.3, 0.4) is 0 Å². The van der Waals surface area contributed by atoms with E-state index in [-0.39, 0.29) is 5.82 Å². The number of hydrogen-bond acceptors (Lipinski definition) is 1. The molecule has 0 bridgehead atoms. The number of hydrogen-bond donors (Lipinski definition) is 2. The first-order chi connectivity index (χ1) is 8.28. The number of rotatable bonds is 2. The Morgan fingerprint density at radius 2 is 2.35 bits per heavy atom. The minimum Gasteiger partial charge on any atom is -0.358 e. The minimum absolute atomic E-state index is 0.143. The Kier molecular flexibility index (Phi) is 2.63. The average Bonchev–Trinajstić information content (AvgIpc) is 2.67.